The van der Waals surface area contributed by atoms with Gasteiger partial charge in [0.05, 0.1) is 12.7 Å². The van der Waals surface area contributed by atoms with Crippen molar-refractivity contribution in [2.75, 3.05) is 7.11 Å². The highest BCUT2D eigenvalue weighted by molar-refractivity contribution is 5.89. The van der Waals surface area contributed by atoms with Crippen LogP contribution in [0.1, 0.15) is 44.6 Å². The zero-order chi connectivity index (χ0) is 16.3. The lowest BCUT2D eigenvalue weighted by Crippen LogP contribution is -2.13. The summed E-state index contributed by atoms with van der Waals surface area (Å²) in [5.41, 5.74) is 3.32. The molecule has 0 aliphatic rings. The molecule has 1 aromatic carbocycles. The highest BCUT2D eigenvalue weighted by Gasteiger charge is 2.18. The molecule has 22 heavy (non-hydrogen) atoms. The second kappa shape index (κ2) is 6.47. The number of carbonyl (C=O) groups excluding carboxylic acids is 1. The number of aromatic nitrogens is 1. The highest BCUT2D eigenvalue weighted by atomic mass is 16.5. The SMILES string of the molecule is CCc1cc(C)n(Cc2cccc(C(=O)OC)c2)c1C(=O)O. The maximum absolute atomic E-state index is 11.6. The van der Waals surface area contributed by atoms with E-state index in [2.05, 4.69) is 0 Å². The predicted molar refractivity (Wildman–Crippen MR) is 82.4 cm³/mol. The van der Waals surface area contributed by atoms with Crippen LogP contribution < -0.4 is 0 Å². The summed E-state index contributed by atoms with van der Waals surface area (Å²) in [6.07, 6.45) is 0.664. The number of aromatic carboxylic acids is 1. The van der Waals surface area contributed by atoms with Crippen molar-refractivity contribution in [3.8, 4) is 0 Å². The van der Waals surface area contributed by atoms with Gasteiger partial charge in [0.15, 0.2) is 0 Å². The molecule has 0 amide bonds. The Morgan fingerprint density at radius 2 is 2.00 bits per heavy atom. The molecule has 0 aliphatic heterocycles. The van der Waals surface area contributed by atoms with Crippen molar-refractivity contribution >= 4 is 11.9 Å². The van der Waals surface area contributed by atoms with E-state index in [1.54, 1.807) is 22.8 Å². The largest absolute Gasteiger partial charge is 0.477 e. The van der Waals surface area contributed by atoms with Gasteiger partial charge >= 0.3 is 11.9 Å². The van der Waals surface area contributed by atoms with E-state index in [-0.39, 0.29) is 0 Å². The molecule has 0 radical (unpaired) electrons. The first kappa shape index (κ1) is 15.8. The monoisotopic (exact) mass is 301 g/mol. The molecule has 0 fully saturated rings. The van der Waals surface area contributed by atoms with Crippen LogP contribution in [0, 0.1) is 6.92 Å². The fourth-order valence-electron chi connectivity index (χ4n) is 2.57. The minimum atomic E-state index is -0.936. The summed E-state index contributed by atoms with van der Waals surface area (Å²) in [5, 5.41) is 9.45. The number of benzene rings is 1. The van der Waals surface area contributed by atoms with Gasteiger partial charge in [-0.25, -0.2) is 9.59 Å². The minimum absolute atomic E-state index is 0.309. The standard InChI is InChI=1S/C17H19NO4/c1-4-13-8-11(2)18(15(13)16(19)20)10-12-6-5-7-14(9-12)17(21)22-3/h5-9H,4,10H2,1-3H3,(H,19,20). The van der Waals surface area contributed by atoms with E-state index in [1.165, 1.54) is 7.11 Å². The lowest BCUT2D eigenvalue weighted by molar-refractivity contribution is 0.0599. The lowest BCUT2D eigenvalue weighted by Gasteiger charge is -2.11. The predicted octanol–water partition coefficient (Wildman–Crippen LogP) is 2.89. The molecule has 5 heteroatoms. The number of esters is 1. The first-order chi connectivity index (χ1) is 10.5. The summed E-state index contributed by atoms with van der Waals surface area (Å²) >= 11 is 0. The normalized spacial score (nSPS) is 10.5. The van der Waals surface area contributed by atoms with Gasteiger partial charge in [-0.2, -0.15) is 0 Å². The zero-order valence-electron chi connectivity index (χ0n) is 12.9. The van der Waals surface area contributed by atoms with Crippen molar-refractivity contribution in [1.29, 1.82) is 0 Å². The maximum atomic E-state index is 11.6. The fourth-order valence-corrected chi connectivity index (χ4v) is 2.57. The molecule has 5 nitrogen and oxygen atoms in total. The van der Waals surface area contributed by atoms with Crippen molar-refractivity contribution in [2.24, 2.45) is 0 Å². The van der Waals surface area contributed by atoms with Gasteiger partial charge in [-0.3, -0.25) is 0 Å². The Labute approximate surface area is 129 Å². The van der Waals surface area contributed by atoms with Gasteiger partial charge in [0.25, 0.3) is 0 Å². The van der Waals surface area contributed by atoms with Crippen molar-refractivity contribution in [1.82, 2.24) is 4.57 Å². The van der Waals surface area contributed by atoms with Crippen LogP contribution in [-0.4, -0.2) is 28.7 Å². The van der Waals surface area contributed by atoms with E-state index < -0.39 is 11.9 Å². The number of carboxylic acids is 1. The van der Waals surface area contributed by atoms with Crippen LogP contribution in [0.2, 0.25) is 0 Å². The average molecular weight is 301 g/mol. The van der Waals surface area contributed by atoms with E-state index in [0.29, 0.717) is 24.2 Å². The van der Waals surface area contributed by atoms with Gasteiger partial charge in [0.2, 0.25) is 0 Å². The van der Waals surface area contributed by atoms with Gasteiger partial charge in [-0.1, -0.05) is 19.1 Å². The molecule has 0 saturated carbocycles. The number of carbonyl (C=O) groups is 2. The van der Waals surface area contributed by atoms with Gasteiger partial charge in [-0.15, -0.1) is 0 Å². The topological polar surface area (TPSA) is 68.5 Å². The quantitative estimate of drug-likeness (QED) is 0.862. The first-order valence-corrected chi connectivity index (χ1v) is 7.07. The third-order valence-electron chi connectivity index (χ3n) is 3.66. The van der Waals surface area contributed by atoms with Crippen LogP contribution in [0.4, 0.5) is 0 Å². The molecule has 0 unspecified atom stereocenters. The van der Waals surface area contributed by atoms with Crippen molar-refractivity contribution in [3.63, 3.8) is 0 Å². The third-order valence-corrected chi connectivity index (χ3v) is 3.66. The lowest BCUT2D eigenvalue weighted by atomic mass is 10.1. The molecule has 1 heterocycles. The summed E-state index contributed by atoms with van der Waals surface area (Å²) in [5.74, 6) is -1.34. The molecule has 0 atom stereocenters. The summed E-state index contributed by atoms with van der Waals surface area (Å²) in [6, 6.07) is 8.92. The first-order valence-electron chi connectivity index (χ1n) is 7.07. The van der Waals surface area contributed by atoms with Crippen LogP contribution in [0.5, 0.6) is 0 Å². The molecular weight excluding hydrogens is 282 g/mol. The number of carboxylic acid groups (broad SMARTS) is 1. The summed E-state index contributed by atoms with van der Waals surface area (Å²) in [6.45, 7) is 4.22. The zero-order valence-corrected chi connectivity index (χ0v) is 12.9. The van der Waals surface area contributed by atoms with E-state index in [0.717, 1.165) is 16.8 Å². The minimum Gasteiger partial charge on any atom is -0.477 e. The number of ether oxygens (including phenoxy) is 1. The van der Waals surface area contributed by atoms with Crippen LogP contribution in [-0.2, 0) is 17.7 Å². The summed E-state index contributed by atoms with van der Waals surface area (Å²) in [7, 11) is 1.33. The molecule has 116 valence electrons. The number of rotatable bonds is 5. The van der Waals surface area contributed by atoms with E-state index in [1.807, 2.05) is 26.0 Å². The van der Waals surface area contributed by atoms with Crippen LogP contribution in [0.15, 0.2) is 30.3 Å². The third kappa shape index (κ3) is 3.03. The molecule has 1 aromatic heterocycles. The van der Waals surface area contributed by atoms with Crippen molar-refractivity contribution in [2.45, 2.75) is 26.8 Å². The van der Waals surface area contributed by atoms with Crippen molar-refractivity contribution in [3.05, 3.63) is 58.4 Å². The fraction of sp³-hybridized carbons (Fsp3) is 0.294. The maximum Gasteiger partial charge on any atom is 0.352 e. The van der Waals surface area contributed by atoms with Gasteiger partial charge < -0.3 is 14.4 Å². The van der Waals surface area contributed by atoms with Gasteiger partial charge in [-0.05, 0) is 42.7 Å². The van der Waals surface area contributed by atoms with Crippen LogP contribution >= 0.6 is 0 Å². The summed E-state index contributed by atoms with van der Waals surface area (Å²) in [4.78, 5) is 23.1. The molecule has 2 aromatic rings. The smallest absolute Gasteiger partial charge is 0.352 e. The van der Waals surface area contributed by atoms with Gasteiger partial charge in [0, 0.05) is 12.2 Å². The number of aryl methyl sites for hydroxylation is 2. The number of nitrogens with zero attached hydrogens (tertiary/aromatic N) is 1. The van der Waals surface area contributed by atoms with E-state index >= 15 is 0 Å². The Hall–Kier alpha value is -2.56. The number of hydrogen-bond acceptors (Lipinski definition) is 3. The van der Waals surface area contributed by atoms with E-state index in [4.69, 9.17) is 4.74 Å². The molecule has 0 saturated heterocycles. The second-order valence-electron chi connectivity index (χ2n) is 5.10. The van der Waals surface area contributed by atoms with Gasteiger partial charge in [0.1, 0.15) is 5.69 Å². The molecule has 2 rings (SSSR count). The second-order valence-corrected chi connectivity index (χ2v) is 5.10. The Balaban J connectivity index is 2.41. The highest BCUT2D eigenvalue weighted by Crippen LogP contribution is 2.19. The number of methoxy groups -OCH3 is 1. The van der Waals surface area contributed by atoms with Crippen LogP contribution in [0.25, 0.3) is 0 Å². The Kier molecular flexibility index (Phi) is 4.65. The molecule has 0 spiro atoms. The van der Waals surface area contributed by atoms with Crippen molar-refractivity contribution < 1.29 is 19.4 Å². The Morgan fingerprint density at radius 3 is 2.59 bits per heavy atom. The molecule has 0 bridgehead atoms. The summed E-state index contributed by atoms with van der Waals surface area (Å²) < 4.78 is 6.47. The average Bonchev–Trinajstić information content (AvgIpc) is 2.83. The molecular formula is C17H19NO4. The molecule has 0 aliphatic carbocycles. The molecule has 1 N–H and O–H groups in total. The van der Waals surface area contributed by atoms with E-state index in [9.17, 15) is 14.7 Å². The Morgan fingerprint density at radius 1 is 1.27 bits per heavy atom. The van der Waals surface area contributed by atoms with Crippen LogP contribution in [0.3, 0.4) is 0 Å². The number of hydrogen-bond donors (Lipinski definition) is 1. The Bertz CT molecular complexity index is 715.